The van der Waals surface area contributed by atoms with Crippen LogP contribution >= 0.6 is 0 Å². The first-order valence-electron chi connectivity index (χ1n) is 31.0. The Morgan fingerprint density at radius 1 is 0.0682 bits per heavy atom. The van der Waals surface area contributed by atoms with Gasteiger partial charge in [-0.2, -0.15) is 0 Å². The van der Waals surface area contributed by atoms with Gasteiger partial charge in [0.1, 0.15) is 0 Å². The van der Waals surface area contributed by atoms with Crippen molar-refractivity contribution in [3.05, 3.63) is 0 Å². The van der Waals surface area contributed by atoms with Crippen LogP contribution in [0.2, 0.25) is 288 Å². The molecule has 0 saturated carbocycles. The summed E-state index contributed by atoms with van der Waals surface area (Å²) in [5.74, 6) is 0. The summed E-state index contributed by atoms with van der Waals surface area (Å²) in [6, 6.07) is 0. The zero-order valence-corrected chi connectivity index (χ0v) is 86.0. The molecule has 1 fully saturated rings. The maximum Gasteiger partial charge on any atom is 0.314 e. The zero-order valence-electron chi connectivity index (χ0n) is 64.0. The fraction of sp³-hybridized carbons (Fsp3) is 1.00. The molecular formula is C44H132O22Si22. The second-order valence-electron chi connectivity index (χ2n) is 33.0. The van der Waals surface area contributed by atoms with Gasteiger partial charge in [0.15, 0.2) is 0 Å². The first kappa shape index (κ1) is 89.9. The van der Waals surface area contributed by atoms with E-state index >= 15 is 0 Å². The van der Waals surface area contributed by atoms with Crippen LogP contribution in [0.1, 0.15) is 0 Å². The average molecular weight is 1630 g/mol. The molecule has 1 heterocycles. The van der Waals surface area contributed by atoms with Gasteiger partial charge in [0.25, 0.3) is 0 Å². The monoisotopic (exact) mass is 1630 g/mol. The van der Waals surface area contributed by atoms with E-state index < -0.39 is 188 Å². The van der Waals surface area contributed by atoms with Crippen molar-refractivity contribution in [2.45, 2.75) is 288 Å². The maximum atomic E-state index is 6.96. The molecule has 0 unspecified atom stereocenters. The van der Waals surface area contributed by atoms with Gasteiger partial charge in [0.2, 0.25) is 0 Å². The molecule has 0 aromatic rings. The van der Waals surface area contributed by atoms with E-state index in [0.717, 1.165) is 0 Å². The number of rotatable bonds is 0. The molecule has 0 radical (unpaired) electrons. The smallest absolute Gasteiger partial charge is 0.314 e. The molecular weight excluding hydrogens is 1500 g/mol. The van der Waals surface area contributed by atoms with E-state index in [0.29, 0.717) is 0 Å². The molecule has 0 bridgehead atoms. The third-order valence-electron chi connectivity index (χ3n) is 10.8. The average Bonchev–Trinajstić information content (AvgIpc) is 2.97. The lowest BCUT2D eigenvalue weighted by Gasteiger charge is -2.45. The number of hydrogen-bond donors (Lipinski definition) is 0. The fourth-order valence-corrected chi connectivity index (χ4v) is 130. The van der Waals surface area contributed by atoms with Gasteiger partial charge in [0, 0.05) is 0 Å². The zero-order chi connectivity index (χ0) is 70.6. The predicted octanol–water partition coefficient (Wildman–Crippen LogP) is 15.8. The van der Waals surface area contributed by atoms with E-state index in [2.05, 4.69) is 288 Å². The lowest BCUT2D eigenvalue weighted by Crippen LogP contribution is -2.63. The highest BCUT2D eigenvalue weighted by Crippen LogP contribution is 2.36. The van der Waals surface area contributed by atoms with E-state index in [1.54, 1.807) is 0 Å². The van der Waals surface area contributed by atoms with Crippen molar-refractivity contribution in [2.75, 3.05) is 0 Å². The Balaban J connectivity index is 3.75. The van der Waals surface area contributed by atoms with Gasteiger partial charge in [-0.15, -0.1) is 0 Å². The van der Waals surface area contributed by atoms with Gasteiger partial charge in [0.05, 0.1) is 0 Å². The molecule has 528 valence electrons. The van der Waals surface area contributed by atoms with Gasteiger partial charge in [-0.3, -0.25) is 0 Å². The lowest BCUT2D eigenvalue weighted by molar-refractivity contribution is 0.249. The van der Waals surface area contributed by atoms with E-state index in [1.807, 2.05) is 0 Å². The van der Waals surface area contributed by atoms with Crippen LogP contribution in [0, 0.1) is 0 Å². The van der Waals surface area contributed by atoms with Crippen molar-refractivity contribution < 1.29 is 90.5 Å². The topological polar surface area (TPSA) is 203 Å². The van der Waals surface area contributed by atoms with Crippen LogP contribution in [-0.4, -0.2) is 188 Å². The summed E-state index contributed by atoms with van der Waals surface area (Å²) in [6.45, 7) is 90.4. The Morgan fingerprint density at radius 2 is 0.0909 bits per heavy atom. The molecule has 1 aliphatic heterocycles. The van der Waals surface area contributed by atoms with Crippen LogP contribution in [0.15, 0.2) is 0 Å². The molecule has 0 spiro atoms. The van der Waals surface area contributed by atoms with E-state index in [-0.39, 0.29) is 0 Å². The maximum absolute atomic E-state index is 6.96. The summed E-state index contributed by atoms with van der Waals surface area (Å²) in [4.78, 5) is 0. The molecule has 88 heavy (non-hydrogen) atoms. The summed E-state index contributed by atoms with van der Waals surface area (Å²) in [5.41, 5.74) is 0. The first-order valence-corrected chi connectivity index (χ1v) is 92.9. The predicted molar refractivity (Wildman–Crippen MR) is 408 cm³/mol. The highest BCUT2D eigenvalue weighted by molar-refractivity contribution is 6.97. The van der Waals surface area contributed by atoms with E-state index in [9.17, 15) is 0 Å². The molecule has 0 aliphatic carbocycles. The fourth-order valence-electron chi connectivity index (χ4n) is 13.5. The van der Waals surface area contributed by atoms with Gasteiger partial charge < -0.3 is 90.5 Å². The van der Waals surface area contributed by atoms with Crippen molar-refractivity contribution in [2.24, 2.45) is 0 Å². The van der Waals surface area contributed by atoms with Crippen LogP contribution in [-0.2, 0) is 90.5 Å². The largest absolute Gasteiger partial charge is 0.416 e. The highest BCUT2D eigenvalue weighted by Gasteiger charge is 2.56. The summed E-state index contributed by atoms with van der Waals surface area (Å²) < 4.78 is 153. The summed E-state index contributed by atoms with van der Waals surface area (Å²) in [7, 11) is -63.3. The third-order valence-corrected chi connectivity index (χ3v) is 97.3. The highest BCUT2D eigenvalue weighted by atomic mass is 28.6. The third kappa shape index (κ3) is 38.5. The minimum atomic E-state index is -2.88. The molecule has 22 nitrogen and oxygen atoms in total. The summed E-state index contributed by atoms with van der Waals surface area (Å²) in [5, 5.41) is 0. The van der Waals surface area contributed by atoms with E-state index in [1.165, 1.54) is 0 Å². The minimum Gasteiger partial charge on any atom is -0.416 e. The molecule has 1 saturated heterocycles. The van der Waals surface area contributed by atoms with E-state index in [4.69, 9.17) is 90.5 Å². The van der Waals surface area contributed by atoms with Crippen molar-refractivity contribution in [1.82, 2.24) is 0 Å². The summed E-state index contributed by atoms with van der Waals surface area (Å²) >= 11 is 0. The first-order chi connectivity index (χ1) is 37.6. The molecule has 0 amide bonds. The van der Waals surface area contributed by atoms with Crippen molar-refractivity contribution in [3.8, 4) is 0 Å². The Kier molecular flexibility index (Phi) is 30.1. The number of hydrogen-bond acceptors (Lipinski definition) is 22. The summed E-state index contributed by atoms with van der Waals surface area (Å²) in [6.07, 6.45) is 0. The van der Waals surface area contributed by atoms with Crippen LogP contribution < -0.4 is 0 Å². The van der Waals surface area contributed by atoms with Crippen LogP contribution in [0.4, 0.5) is 0 Å². The van der Waals surface area contributed by atoms with Crippen LogP contribution in [0.3, 0.4) is 0 Å². The Labute approximate surface area is 562 Å². The Hall–Kier alpha value is 3.89. The molecule has 0 aromatic heterocycles. The van der Waals surface area contributed by atoms with Gasteiger partial charge in [-0.1, -0.05) is 0 Å². The van der Waals surface area contributed by atoms with Crippen LogP contribution in [0.25, 0.3) is 0 Å². The molecule has 44 heteroatoms. The second-order valence-corrected chi connectivity index (χ2v) is 113. The SMILES string of the molecule is C[Si]1(C)O[Si](C)(C)O[Si](C)(C)O[Si](C)(C)O[Si](C)(C)O[Si](C)(C)O[Si](C)(C)O[Si](C)(C)O[Si](C)(C)O[Si](C)(C)O[Si](C)(C)O[Si](C)(C)O[Si](C)(C)O[Si](C)(C)O[Si](C)(C)O[Si](C)(C)O[Si](C)(C)O[Si](C)(C)O[Si](C)(C)O[Si](C)(C)O[Si](C)(C)O[Si](C)(C)O1. The van der Waals surface area contributed by atoms with Crippen molar-refractivity contribution in [3.63, 3.8) is 0 Å². The standard InChI is InChI=1S/C44H132O22Si22/c1-67(2)45-68(3,4)47-70(7,8)49-72(11,12)51-74(15,16)53-76(19,20)55-78(23,24)57-80(27,28)59-82(31,32)61-84(35,36)63-86(39,40)65-88(43,44)66-87(41,42)64-85(37,38)62-83(33,34)60-81(29,30)58-79(25,26)56-77(21,22)54-75(17,18)52-73(13,14)50-71(9,10)48-69(5,6)46-67/h1-44H3. The van der Waals surface area contributed by atoms with Crippen molar-refractivity contribution in [1.29, 1.82) is 0 Å². The van der Waals surface area contributed by atoms with Gasteiger partial charge in [-0.25, -0.2) is 0 Å². The minimum absolute atomic E-state index is 2.05. The normalized spacial score (nSPS) is 31.5. The molecule has 1 rings (SSSR count). The molecule has 0 aromatic carbocycles. The van der Waals surface area contributed by atoms with Crippen LogP contribution in [0.5, 0.6) is 0 Å². The Morgan fingerprint density at radius 3 is 0.114 bits per heavy atom. The van der Waals surface area contributed by atoms with Gasteiger partial charge in [-0.05, 0) is 288 Å². The van der Waals surface area contributed by atoms with Crippen molar-refractivity contribution >= 4 is 188 Å². The second kappa shape index (κ2) is 29.5. The quantitative estimate of drug-likeness (QED) is 0.207. The lowest BCUT2D eigenvalue weighted by atomic mass is 11.9. The Bertz CT molecular complexity index is 1510. The van der Waals surface area contributed by atoms with Gasteiger partial charge >= 0.3 is 188 Å². The molecule has 0 N–H and O–H groups in total. The molecule has 0 atom stereocenters. The molecule has 1 aliphatic rings.